The smallest absolute Gasteiger partial charge is 0.338 e. The van der Waals surface area contributed by atoms with E-state index >= 15 is 4.39 Å². The number of nitro benzene ring substituents is 1. The Labute approximate surface area is 256 Å². The highest BCUT2D eigenvalue weighted by molar-refractivity contribution is 7.10. The van der Waals surface area contributed by atoms with E-state index in [0.717, 1.165) is 4.88 Å². The maximum absolute atomic E-state index is 15.6. The molecule has 2 aromatic carbocycles. The van der Waals surface area contributed by atoms with Gasteiger partial charge >= 0.3 is 11.9 Å². The third kappa shape index (κ3) is 5.25. The number of ketones is 1. The molecule has 0 bridgehead atoms. The van der Waals surface area contributed by atoms with Gasteiger partial charge < -0.3 is 15.2 Å². The second-order valence-corrected chi connectivity index (χ2v) is 11.3. The molecule has 1 aliphatic heterocycles. The number of nitrogens with zero attached hydrogens (tertiary/aromatic N) is 2. The fourth-order valence-electron chi connectivity index (χ4n) is 6.01. The number of nitro groups is 1. The number of ether oxygens (including phenoxy) is 2. The number of allylic oxidation sites excluding steroid dienone is 2. The fourth-order valence-corrected chi connectivity index (χ4v) is 6.87. The van der Waals surface area contributed by atoms with E-state index in [9.17, 15) is 24.5 Å². The molecule has 10 nitrogen and oxygen atoms in total. The molecule has 3 aromatic rings. The lowest BCUT2D eigenvalue weighted by Crippen LogP contribution is -2.46. The van der Waals surface area contributed by atoms with Crippen LogP contribution in [-0.2, 0) is 23.9 Å². The number of esters is 2. The molecule has 0 fully saturated rings. The van der Waals surface area contributed by atoms with Crippen molar-refractivity contribution in [2.24, 2.45) is 11.7 Å². The lowest BCUT2D eigenvalue weighted by molar-refractivity contribution is -0.384. The van der Waals surface area contributed by atoms with E-state index in [4.69, 9.17) is 15.2 Å². The third-order valence-corrected chi connectivity index (χ3v) is 8.84. The average molecular weight is 620 g/mol. The van der Waals surface area contributed by atoms with Crippen molar-refractivity contribution >= 4 is 40.4 Å². The second kappa shape index (κ2) is 12.4. The van der Waals surface area contributed by atoms with Crippen molar-refractivity contribution in [3.8, 4) is 0 Å². The van der Waals surface area contributed by atoms with Gasteiger partial charge in [0.1, 0.15) is 17.6 Å². The van der Waals surface area contributed by atoms with Crippen LogP contribution in [0.25, 0.3) is 0 Å². The monoisotopic (exact) mass is 619 g/mol. The largest absolute Gasteiger partial charge is 0.465 e. The molecule has 3 atom stereocenters. The van der Waals surface area contributed by atoms with E-state index in [1.54, 1.807) is 26.8 Å². The Balaban J connectivity index is 1.85. The van der Waals surface area contributed by atoms with Crippen molar-refractivity contribution in [2.75, 3.05) is 18.1 Å². The SMILES string of the molecule is CCOC(=O)C1=C(N)N(c2ccc([N+](=O)[O-])cc2C)C2=C(C(=O)[C@H](C(=O)OCC)[C@H](c3cccs3)C2)[C@@H]1c1ccccc1F. The van der Waals surface area contributed by atoms with Crippen LogP contribution in [0, 0.1) is 28.8 Å². The van der Waals surface area contributed by atoms with Gasteiger partial charge in [0.15, 0.2) is 5.78 Å². The van der Waals surface area contributed by atoms with Crippen molar-refractivity contribution < 1.29 is 33.2 Å². The normalized spacial score (nSPS) is 20.0. The number of halogens is 1. The number of aryl methyl sites for hydroxylation is 1. The molecule has 2 N–H and O–H groups in total. The molecule has 0 radical (unpaired) electrons. The molecule has 0 saturated carbocycles. The predicted molar refractivity (Wildman–Crippen MR) is 161 cm³/mol. The molecule has 2 heterocycles. The Hall–Kier alpha value is -4.84. The van der Waals surface area contributed by atoms with Gasteiger partial charge in [-0.05, 0) is 56.3 Å². The predicted octanol–water partition coefficient (Wildman–Crippen LogP) is 5.63. The minimum Gasteiger partial charge on any atom is -0.465 e. The molecule has 0 saturated heterocycles. The van der Waals surface area contributed by atoms with Crippen LogP contribution in [0.4, 0.5) is 15.8 Å². The maximum Gasteiger partial charge on any atom is 0.338 e. The van der Waals surface area contributed by atoms with Gasteiger partial charge in [-0.3, -0.25) is 24.6 Å². The number of benzene rings is 2. The van der Waals surface area contributed by atoms with Crippen LogP contribution in [0.1, 0.15) is 48.1 Å². The summed E-state index contributed by atoms with van der Waals surface area (Å²) in [5, 5.41) is 13.3. The fraction of sp³-hybridized carbons (Fsp3) is 0.281. The first-order valence-electron chi connectivity index (χ1n) is 14.0. The topological polar surface area (TPSA) is 142 Å². The van der Waals surface area contributed by atoms with Crippen molar-refractivity contribution in [2.45, 2.75) is 39.0 Å². The van der Waals surface area contributed by atoms with E-state index in [0.29, 0.717) is 16.9 Å². The Morgan fingerprint density at radius 1 is 1.11 bits per heavy atom. The van der Waals surface area contributed by atoms with E-state index in [2.05, 4.69) is 0 Å². The lowest BCUT2D eigenvalue weighted by Gasteiger charge is -2.44. The molecular formula is C32H30FN3O7S. The lowest BCUT2D eigenvalue weighted by atomic mass is 9.68. The Morgan fingerprint density at radius 2 is 1.84 bits per heavy atom. The van der Waals surface area contributed by atoms with Crippen LogP contribution >= 0.6 is 11.3 Å². The minimum atomic E-state index is -1.30. The number of hydrogen-bond acceptors (Lipinski definition) is 10. The number of hydrogen-bond donors (Lipinski definition) is 1. The molecule has 0 spiro atoms. The molecule has 0 amide bonds. The summed E-state index contributed by atoms with van der Waals surface area (Å²) in [6.45, 7) is 4.90. The van der Waals surface area contributed by atoms with Gasteiger partial charge in [0.05, 0.1) is 35.3 Å². The van der Waals surface area contributed by atoms with Crippen molar-refractivity contribution in [3.05, 3.63) is 115 Å². The number of carbonyl (C=O) groups is 3. The average Bonchev–Trinajstić information content (AvgIpc) is 3.52. The Kier molecular flexibility index (Phi) is 8.63. The zero-order valence-corrected chi connectivity index (χ0v) is 25.1. The maximum atomic E-state index is 15.6. The van der Waals surface area contributed by atoms with E-state index in [1.807, 2.05) is 17.5 Å². The summed E-state index contributed by atoms with van der Waals surface area (Å²) >= 11 is 1.37. The quantitative estimate of drug-likeness (QED) is 0.147. The molecule has 2 aliphatic rings. The summed E-state index contributed by atoms with van der Waals surface area (Å²) in [7, 11) is 0. The minimum absolute atomic E-state index is 0.0102. The van der Waals surface area contributed by atoms with Crippen LogP contribution in [0.5, 0.6) is 0 Å². The van der Waals surface area contributed by atoms with Crippen molar-refractivity contribution in [1.82, 2.24) is 0 Å². The van der Waals surface area contributed by atoms with Crippen LogP contribution in [0.2, 0.25) is 0 Å². The van der Waals surface area contributed by atoms with Gasteiger partial charge in [-0.15, -0.1) is 11.3 Å². The van der Waals surface area contributed by atoms with Crippen molar-refractivity contribution in [1.29, 1.82) is 0 Å². The number of nitrogens with two attached hydrogens (primary N) is 1. The summed E-state index contributed by atoms with van der Waals surface area (Å²) in [6, 6.07) is 13.5. The van der Waals surface area contributed by atoms with Gasteiger partial charge in [-0.2, -0.15) is 0 Å². The van der Waals surface area contributed by atoms with Gasteiger partial charge in [-0.25, -0.2) is 9.18 Å². The van der Waals surface area contributed by atoms with Crippen LogP contribution < -0.4 is 10.6 Å². The first-order chi connectivity index (χ1) is 21.1. The Bertz CT molecular complexity index is 1720. The number of anilines is 1. The van der Waals surface area contributed by atoms with Crippen LogP contribution in [0.15, 0.2) is 82.6 Å². The highest BCUT2D eigenvalue weighted by atomic mass is 32.1. The standard InChI is InChI=1S/C32H30FN3O7S/c1-4-42-31(38)26-20(24-11-8-14-44-24)16-23-27(29(26)37)25(19-9-6-7-10-21(19)33)28(32(39)43-5-2)30(34)35(23)22-13-12-18(36(40)41)15-17(22)3/h6-15,20,25-26H,4-5,16,34H2,1-3H3/t20-,25-,26+/m0/s1. The van der Waals surface area contributed by atoms with Gasteiger partial charge in [0, 0.05) is 39.8 Å². The first kappa shape index (κ1) is 30.6. The zero-order chi connectivity index (χ0) is 31.7. The number of rotatable bonds is 8. The summed E-state index contributed by atoms with van der Waals surface area (Å²) < 4.78 is 26.3. The summed E-state index contributed by atoms with van der Waals surface area (Å²) in [5.74, 6) is -6.24. The third-order valence-electron chi connectivity index (χ3n) is 7.83. The Morgan fingerprint density at radius 3 is 2.45 bits per heavy atom. The molecule has 44 heavy (non-hydrogen) atoms. The number of Topliss-reactive ketones (excluding diaryl/α,β-unsaturated/α-hetero) is 1. The molecule has 1 aliphatic carbocycles. The highest BCUT2D eigenvalue weighted by Gasteiger charge is 2.52. The molecule has 0 unspecified atom stereocenters. The van der Waals surface area contributed by atoms with E-state index in [-0.39, 0.29) is 47.9 Å². The number of non-ortho nitro benzene ring substituents is 1. The van der Waals surface area contributed by atoms with Gasteiger partial charge in [-0.1, -0.05) is 24.3 Å². The molecule has 5 rings (SSSR count). The summed E-state index contributed by atoms with van der Waals surface area (Å²) in [4.78, 5) is 55.0. The molecule has 12 heteroatoms. The van der Waals surface area contributed by atoms with Gasteiger partial charge in [0.2, 0.25) is 0 Å². The van der Waals surface area contributed by atoms with E-state index in [1.165, 1.54) is 52.6 Å². The van der Waals surface area contributed by atoms with Gasteiger partial charge in [0.25, 0.3) is 5.69 Å². The van der Waals surface area contributed by atoms with E-state index < -0.39 is 46.2 Å². The van der Waals surface area contributed by atoms with Crippen LogP contribution in [-0.4, -0.2) is 35.9 Å². The molecule has 228 valence electrons. The zero-order valence-electron chi connectivity index (χ0n) is 24.2. The highest BCUT2D eigenvalue weighted by Crippen LogP contribution is 2.52. The number of thiophene rings is 1. The second-order valence-electron chi connectivity index (χ2n) is 10.3. The van der Waals surface area contributed by atoms with Crippen molar-refractivity contribution in [3.63, 3.8) is 0 Å². The summed E-state index contributed by atoms with van der Waals surface area (Å²) in [6.07, 6.45) is 0.100. The summed E-state index contributed by atoms with van der Waals surface area (Å²) in [5.41, 5.74) is 7.65. The molecule has 1 aromatic heterocycles. The van der Waals surface area contributed by atoms with Crippen LogP contribution in [0.3, 0.4) is 0 Å². The molecular weight excluding hydrogens is 589 g/mol. The number of carbonyl (C=O) groups excluding carboxylic acids is 3. The first-order valence-corrected chi connectivity index (χ1v) is 14.9.